The van der Waals surface area contributed by atoms with Gasteiger partial charge < -0.3 is 14.3 Å². The molecule has 3 rings (SSSR count). The summed E-state index contributed by atoms with van der Waals surface area (Å²) >= 11 is 8.13. The minimum absolute atomic E-state index is 0.0782. The van der Waals surface area contributed by atoms with E-state index in [2.05, 4.69) is 63.9 Å². The SMILES string of the molecule is COC(=O)c1ccc(CCC[C@@H]2[C@@H](C#Cc3cccc(CCCO[Si](C)(C)C(C)(C)C)c3)[C@H](O)C[C@H]2Cl)s1. The number of alkyl halides is 1. The third-order valence-corrected chi connectivity index (χ3v) is 14.2. The number of aliphatic hydroxyl groups is 1. The molecular formula is C31H43ClO4SSi. The molecule has 7 heteroatoms. The number of hydrogen-bond donors (Lipinski definition) is 1. The molecule has 2 aromatic rings. The molecule has 0 saturated heterocycles. The first-order valence-corrected chi connectivity index (χ1v) is 17.8. The van der Waals surface area contributed by atoms with Gasteiger partial charge in [0.2, 0.25) is 0 Å². The van der Waals surface area contributed by atoms with Crippen molar-refractivity contribution >= 4 is 37.2 Å². The van der Waals surface area contributed by atoms with Crippen molar-refractivity contribution in [2.75, 3.05) is 13.7 Å². The van der Waals surface area contributed by atoms with E-state index < -0.39 is 14.4 Å². The molecule has 38 heavy (non-hydrogen) atoms. The minimum atomic E-state index is -1.71. The Morgan fingerprint density at radius 3 is 2.66 bits per heavy atom. The second-order valence-electron chi connectivity index (χ2n) is 11.8. The molecule has 1 heterocycles. The zero-order chi connectivity index (χ0) is 27.9. The van der Waals surface area contributed by atoms with Crippen LogP contribution in [0.3, 0.4) is 0 Å². The van der Waals surface area contributed by atoms with Gasteiger partial charge in [-0.1, -0.05) is 44.7 Å². The van der Waals surface area contributed by atoms with Crippen LogP contribution < -0.4 is 0 Å². The Kier molecular flexibility index (Phi) is 11.1. The van der Waals surface area contributed by atoms with Crippen molar-refractivity contribution in [1.82, 2.24) is 0 Å². The summed E-state index contributed by atoms with van der Waals surface area (Å²) < 4.78 is 11.1. The number of ether oxygens (including phenoxy) is 1. The summed E-state index contributed by atoms with van der Waals surface area (Å²) in [5.74, 6) is 6.43. The summed E-state index contributed by atoms with van der Waals surface area (Å²) in [6.45, 7) is 12.2. The smallest absolute Gasteiger partial charge is 0.348 e. The van der Waals surface area contributed by atoms with Crippen LogP contribution in [0.2, 0.25) is 18.1 Å². The van der Waals surface area contributed by atoms with Gasteiger partial charge in [0, 0.05) is 22.4 Å². The van der Waals surface area contributed by atoms with Gasteiger partial charge in [-0.3, -0.25) is 0 Å². The molecule has 4 atom stereocenters. The molecule has 0 radical (unpaired) electrons. The van der Waals surface area contributed by atoms with E-state index in [4.69, 9.17) is 20.8 Å². The van der Waals surface area contributed by atoms with E-state index in [1.165, 1.54) is 24.0 Å². The highest BCUT2D eigenvalue weighted by molar-refractivity contribution is 7.13. The number of aliphatic hydroxyl groups excluding tert-OH is 1. The van der Waals surface area contributed by atoms with Crippen LogP contribution >= 0.6 is 22.9 Å². The second-order valence-corrected chi connectivity index (χ2v) is 18.4. The van der Waals surface area contributed by atoms with Crippen molar-refractivity contribution in [3.8, 4) is 11.8 Å². The molecule has 0 unspecified atom stereocenters. The molecule has 0 aliphatic heterocycles. The molecule has 1 aromatic carbocycles. The zero-order valence-electron chi connectivity index (χ0n) is 23.7. The number of rotatable bonds is 10. The van der Waals surface area contributed by atoms with Crippen LogP contribution in [0.4, 0.5) is 0 Å². The quantitative estimate of drug-likeness (QED) is 0.105. The molecule has 208 valence electrons. The average molecular weight is 575 g/mol. The van der Waals surface area contributed by atoms with Crippen LogP contribution in [0.25, 0.3) is 0 Å². The first kappa shape index (κ1) is 30.9. The summed E-state index contributed by atoms with van der Waals surface area (Å²) in [5, 5.41) is 10.8. The van der Waals surface area contributed by atoms with Crippen molar-refractivity contribution in [2.24, 2.45) is 11.8 Å². The number of aryl methyl sites for hydroxylation is 2. The van der Waals surface area contributed by atoms with Crippen LogP contribution in [0.5, 0.6) is 0 Å². The van der Waals surface area contributed by atoms with Gasteiger partial charge in [-0.25, -0.2) is 4.79 Å². The summed E-state index contributed by atoms with van der Waals surface area (Å²) in [6, 6.07) is 12.2. The second kappa shape index (κ2) is 13.6. The number of methoxy groups -OCH3 is 1. The number of carbonyl (C=O) groups is 1. The van der Waals surface area contributed by atoms with Crippen molar-refractivity contribution < 1.29 is 19.1 Å². The molecule has 4 nitrogen and oxygen atoms in total. The molecule has 1 aliphatic carbocycles. The third-order valence-electron chi connectivity index (χ3n) is 8.00. The largest absolute Gasteiger partial charge is 0.465 e. The summed E-state index contributed by atoms with van der Waals surface area (Å²) in [7, 11) is -0.310. The Morgan fingerprint density at radius 1 is 1.18 bits per heavy atom. The van der Waals surface area contributed by atoms with Crippen LogP contribution in [0.1, 0.15) is 72.1 Å². The predicted molar refractivity (Wildman–Crippen MR) is 161 cm³/mol. The fourth-order valence-electron chi connectivity index (χ4n) is 4.65. The van der Waals surface area contributed by atoms with Crippen LogP contribution in [-0.4, -0.2) is 44.6 Å². The normalized spacial score (nSPS) is 21.7. The van der Waals surface area contributed by atoms with Crippen molar-refractivity contribution in [1.29, 1.82) is 0 Å². The molecule has 1 aliphatic rings. The van der Waals surface area contributed by atoms with Gasteiger partial charge in [0.25, 0.3) is 0 Å². The van der Waals surface area contributed by atoms with Gasteiger partial charge in [-0.15, -0.1) is 22.9 Å². The maximum absolute atomic E-state index is 11.7. The predicted octanol–water partition coefficient (Wildman–Crippen LogP) is 7.47. The molecule has 1 saturated carbocycles. The molecule has 0 bridgehead atoms. The van der Waals surface area contributed by atoms with E-state index in [-0.39, 0.29) is 28.2 Å². The van der Waals surface area contributed by atoms with E-state index in [1.807, 2.05) is 18.2 Å². The minimum Gasteiger partial charge on any atom is -0.465 e. The number of esters is 1. The van der Waals surface area contributed by atoms with E-state index in [0.29, 0.717) is 11.3 Å². The Bertz CT molecular complexity index is 1130. The van der Waals surface area contributed by atoms with E-state index >= 15 is 0 Å². The number of halogens is 1. The molecule has 1 aromatic heterocycles. The first-order valence-electron chi connectivity index (χ1n) is 13.6. The van der Waals surface area contributed by atoms with Gasteiger partial charge >= 0.3 is 5.97 Å². The van der Waals surface area contributed by atoms with Gasteiger partial charge in [0.1, 0.15) is 4.88 Å². The standard InChI is InChI=1S/C31H43ClO4SSi/c1-31(2,3)38(5,6)36-19-9-12-22-10-7-11-23(20-22)15-17-26-25(27(32)21-28(26)33)14-8-13-24-16-18-29(37-24)30(34)35-4/h7,10-11,16,18,20,25-28,33H,8-9,12-14,19,21H2,1-6H3/t25-,26-,27-,28-/m1/s1. The van der Waals surface area contributed by atoms with Crippen molar-refractivity contribution in [2.45, 2.75) is 88.9 Å². The lowest BCUT2D eigenvalue weighted by molar-refractivity contribution is 0.0606. The van der Waals surface area contributed by atoms with Crippen molar-refractivity contribution in [3.05, 3.63) is 57.3 Å². The Balaban J connectivity index is 1.55. The van der Waals surface area contributed by atoms with E-state index in [9.17, 15) is 9.90 Å². The molecule has 0 amide bonds. The molecule has 0 spiro atoms. The van der Waals surface area contributed by atoms with Crippen LogP contribution in [-0.2, 0) is 22.0 Å². The average Bonchev–Trinajstić information content (AvgIpc) is 3.43. The number of benzene rings is 1. The number of carbonyl (C=O) groups excluding carboxylic acids is 1. The number of thiophene rings is 1. The van der Waals surface area contributed by atoms with Gasteiger partial charge in [-0.05, 0) is 92.4 Å². The lowest BCUT2D eigenvalue weighted by Crippen LogP contribution is -2.41. The molecule has 1 fully saturated rings. The molecular weight excluding hydrogens is 532 g/mol. The Morgan fingerprint density at radius 2 is 1.95 bits per heavy atom. The van der Waals surface area contributed by atoms with Gasteiger partial charge in [-0.2, -0.15) is 0 Å². The highest BCUT2D eigenvalue weighted by atomic mass is 35.5. The maximum Gasteiger partial charge on any atom is 0.348 e. The first-order chi connectivity index (χ1) is 17.9. The monoisotopic (exact) mass is 574 g/mol. The highest BCUT2D eigenvalue weighted by Gasteiger charge is 2.40. The lowest BCUT2D eigenvalue weighted by atomic mass is 9.90. The third kappa shape index (κ3) is 8.44. The van der Waals surface area contributed by atoms with Crippen LogP contribution in [0, 0.1) is 23.7 Å². The Labute approximate surface area is 239 Å². The van der Waals surface area contributed by atoms with Gasteiger partial charge in [0.15, 0.2) is 8.32 Å². The zero-order valence-corrected chi connectivity index (χ0v) is 26.3. The summed E-state index contributed by atoms with van der Waals surface area (Å²) in [4.78, 5) is 13.5. The fraction of sp³-hybridized carbons (Fsp3) is 0.581. The summed E-state index contributed by atoms with van der Waals surface area (Å²) in [6.07, 6.45) is 4.73. The van der Waals surface area contributed by atoms with Crippen molar-refractivity contribution in [3.63, 3.8) is 0 Å². The van der Waals surface area contributed by atoms with Gasteiger partial charge in [0.05, 0.1) is 19.1 Å². The number of hydrogen-bond acceptors (Lipinski definition) is 5. The summed E-state index contributed by atoms with van der Waals surface area (Å²) in [5.41, 5.74) is 2.24. The topological polar surface area (TPSA) is 55.8 Å². The highest BCUT2D eigenvalue weighted by Crippen LogP contribution is 2.39. The van der Waals surface area contributed by atoms with E-state index in [0.717, 1.165) is 49.2 Å². The lowest BCUT2D eigenvalue weighted by Gasteiger charge is -2.36. The maximum atomic E-state index is 11.7. The van der Waals surface area contributed by atoms with Crippen LogP contribution in [0.15, 0.2) is 36.4 Å². The Hall–Kier alpha value is -1.62. The van der Waals surface area contributed by atoms with E-state index in [1.54, 1.807) is 0 Å². The molecule has 1 N–H and O–H groups in total. The fourth-order valence-corrected chi connectivity index (χ4v) is 7.17.